The van der Waals surface area contributed by atoms with Gasteiger partial charge in [0, 0.05) is 29.7 Å². The van der Waals surface area contributed by atoms with Gasteiger partial charge in [0.05, 0.1) is 21.6 Å². The second kappa shape index (κ2) is 9.02. The zero-order chi connectivity index (χ0) is 20.2. The van der Waals surface area contributed by atoms with Gasteiger partial charge in [-0.25, -0.2) is 0 Å². The number of rotatable bonds is 6. The molecule has 1 saturated heterocycles. The van der Waals surface area contributed by atoms with Gasteiger partial charge in [-0.15, -0.1) is 11.3 Å². The van der Waals surface area contributed by atoms with Crippen molar-refractivity contribution in [2.45, 2.75) is 18.5 Å². The summed E-state index contributed by atoms with van der Waals surface area (Å²) in [5.74, 6) is -0.0357. The van der Waals surface area contributed by atoms with Crippen molar-refractivity contribution in [1.29, 1.82) is 0 Å². The third kappa shape index (κ3) is 4.66. The number of thiocarbonyl (C=S) groups is 1. The van der Waals surface area contributed by atoms with Gasteiger partial charge in [-0.2, -0.15) is 0 Å². The Morgan fingerprint density at radius 1 is 1.17 bits per heavy atom. The normalized spacial score (nSPS) is 18.5. The van der Waals surface area contributed by atoms with Crippen molar-refractivity contribution < 1.29 is 4.79 Å². The maximum atomic E-state index is 12.5. The number of carbonyl (C=O) groups excluding carboxylic acids is 1. The smallest absolute Gasteiger partial charge is 0.226 e. The minimum absolute atomic E-state index is 0.0155. The number of aromatic nitrogens is 1. The van der Waals surface area contributed by atoms with Gasteiger partial charge in [-0.1, -0.05) is 24.3 Å². The molecule has 1 fully saturated rings. The second-order valence-corrected chi connectivity index (χ2v) is 9.51. The summed E-state index contributed by atoms with van der Waals surface area (Å²) in [4.78, 5) is 20.2. The molecular formula is C21H19BrN4OS2. The number of hydrogen-bond donors (Lipinski definition) is 2. The molecule has 3 heterocycles. The molecule has 1 aliphatic heterocycles. The molecule has 4 rings (SSSR count). The lowest BCUT2D eigenvalue weighted by atomic mass is 10.0. The van der Waals surface area contributed by atoms with E-state index in [0.717, 1.165) is 15.2 Å². The molecule has 5 nitrogen and oxygen atoms in total. The number of halogens is 1. The van der Waals surface area contributed by atoms with Crippen LogP contribution in [0.2, 0.25) is 0 Å². The van der Waals surface area contributed by atoms with Gasteiger partial charge >= 0.3 is 0 Å². The van der Waals surface area contributed by atoms with E-state index in [2.05, 4.69) is 42.5 Å². The highest BCUT2D eigenvalue weighted by atomic mass is 79.9. The average Bonchev–Trinajstić information content (AvgIpc) is 3.30. The van der Waals surface area contributed by atoms with Crippen LogP contribution in [0.5, 0.6) is 0 Å². The van der Waals surface area contributed by atoms with E-state index >= 15 is 0 Å². The van der Waals surface area contributed by atoms with E-state index in [1.807, 2.05) is 54.6 Å². The standard InChI is InChI=1S/C21H19BrN4OS2/c22-17-10-9-16(29-17)20-19(15-8-4-5-12-23-15)25-21(28)26(20)13-11-18(27)24-14-6-2-1-3-7-14/h1-10,12,19-20H,11,13H2,(H,24,27)(H,25,28)/t19-,20+/m1/s1. The van der Waals surface area contributed by atoms with Gasteiger partial charge < -0.3 is 15.5 Å². The van der Waals surface area contributed by atoms with Gasteiger partial charge in [0.15, 0.2) is 5.11 Å². The fourth-order valence-corrected chi connectivity index (χ4v) is 5.32. The fourth-order valence-electron chi connectivity index (χ4n) is 3.41. The van der Waals surface area contributed by atoms with E-state index in [0.29, 0.717) is 18.1 Å². The van der Waals surface area contributed by atoms with Crippen molar-refractivity contribution in [3.05, 3.63) is 81.2 Å². The molecule has 1 aliphatic rings. The number of anilines is 1. The maximum absolute atomic E-state index is 12.5. The molecule has 0 unspecified atom stereocenters. The van der Waals surface area contributed by atoms with E-state index in [1.165, 1.54) is 4.88 Å². The molecule has 2 N–H and O–H groups in total. The average molecular weight is 487 g/mol. The Morgan fingerprint density at radius 3 is 2.66 bits per heavy atom. The first-order valence-corrected chi connectivity index (χ1v) is 11.2. The molecule has 1 aromatic carbocycles. The molecule has 0 saturated carbocycles. The van der Waals surface area contributed by atoms with Crippen molar-refractivity contribution in [2.24, 2.45) is 0 Å². The Kier molecular flexibility index (Phi) is 6.22. The van der Waals surface area contributed by atoms with E-state index in [1.54, 1.807) is 17.5 Å². The Morgan fingerprint density at radius 2 is 1.97 bits per heavy atom. The van der Waals surface area contributed by atoms with Gasteiger partial charge in [-0.3, -0.25) is 9.78 Å². The first-order valence-electron chi connectivity index (χ1n) is 9.20. The molecule has 0 radical (unpaired) electrons. The topological polar surface area (TPSA) is 57.3 Å². The molecule has 1 amide bonds. The van der Waals surface area contributed by atoms with Crippen LogP contribution >= 0.6 is 39.5 Å². The van der Waals surface area contributed by atoms with Crippen molar-refractivity contribution in [3.63, 3.8) is 0 Å². The molecule has 0 aliphatic carbocycles. The molecule has 148 valence electrons. The Bertz CT molecular complexity index is 996. The molecule has 8 heteroatoms. The zero-order valence-corrected chi connectivity index (χ0v) is 18.6. The van der Waals surface area contributed by atoms with Crippen LogP contribution in [0.4, 0.5) is 5.69 Å². The van der Waals surface area contributed by atoms with Gasteiger partial charge in [0.1, 0.15) is 0 Å². The summed E-state index contributed by atoms with van der Waals surface area (Å²) in [5, 5.41) is 6.98. The Balaban J connectivity index is 1.52. The number of amides is 1. The number of hydrogen-bond acceptors (Lipinski definition) is 4. The molecule has 2 aromatic heterocycles. The number of thiophene rings is 1. The molecular weight excluding hydrogens is 468 g/mol. The fraction of sp³-hybridized carbons (Fsp3) is 0.190. The summed E-state index contributed by atoms with van der Waals surface area (Å²) in [6, 6.07) is 19.4. The highest BCUT2D eigenvalue weighted by Crippen LogP contribution is 2.42. The summed E-state index contributed by atoms with van der Waals surface area (Å²) in [6.45, 7) is 0.522. The van der Waals surface area contributed by atoms with Gasteiger partial charge in [0.2, 0.25) is 5.91 Å². The molecule has 3 aromatic rings. The van der Waals surface area contributed by atoms with Crippen LogP contribution in [0, 0.1) is 0 Å². The first kappa shape index (κ1) is 20.0. The summed E-state index contributed by atoms with van der Waals surface area (Å²) in [7, 11) is 0. The van der Waals surface area contributed by atoms with E-state index < -0.39 is 0 Å². The number of benzene rings is 1. The third-order valence-corrected chi connectivity index (χ3v) is 6.77. The Labute approximate surface area is 187 Å². The van der Waals surface area contributed by atoms with Crippen LogP contribution in [0.25, 0.3) is 0 Å². The Hall–Kier alpha value is -2.29. The number of nitrogens with zero attached hydrogens (tertiary/aromatic N) is 2. The van der Waals surface area contributed by atoms with Crippen molar-refractivity contribution >= 4 is 56.2 Å². The van der Waals surface area contributed by atoms with Crippen LogP contribution in [-0.2, 0) is 4.79 Å². The maximum Gasteiger partial charge on any atom is 0.226 e. The summed E-state index contributed by atoms with van der Waals surface area (Å²) >= 11 is 10.9. The molecule has 2 atom stereocenters. The van der Waals surface area contributed by atoms with E-state index in [-0.39, 0.29) is 18.0 Å². The quantitative estimate of drug-likeness (QED) is 0.484. The predicted octanol–water partition coefficient (Wildman–Crippen LogP) is 4.91. The molecule has 0 bridgehead atoms. The lowest BCUT2D eigenvalue weighted by Gasteiger charge is -2.26. The van der Waals surface area contributed by atoms with Gasteiger partial charge in [-0.05, 0) is 64.5 Å². The highest BCUT2D eigenvalue weighted by molar-refractivity contribution is 9.11. The van der Waals surface area contributed by atoms with Crippen molar-refractivity contribution in [3.8, 4) is 0 Å². The van der Waals surface area contributed by atoms with E-state index in [9.17, 15) is 4.79 Å². The van der Waals surface area contributed by atoms with Crippen LogP contribution in [0.1, 0.15) is 29.1 Å². The lowest BCUT2D eigenvalue weighted by Crippen LogP contribution is -2.32. The van der Waals surface area contributed by atoms with E-state index in [4.69, 9.17) is 12.2 Å². The number of nitrogens with one attached hydrogen (secondary N) is 2. The number of carbonyl (C=O) groups is 1. The number of para-hydroxylation sites is 1. The third-order valence-electron chi connectivity index (χ3n) is 4.72. The summed E-state index contributed by atoms with van der Waals surface area (Å²) in [5.41, 5.74) is 1.73. The molecule has 0 spiro atoms. The van der Waals surface area contributed by atoms with Crippen LogP contribution in [0.3, 0.4) is 0 Å². The highest BCUT2D eigenvalue weighted by Gasteiger charge is 2.40. The molecule has 29 heavy (non-hydrogen) atoms. The van der Waals surface area contributed by atoms with Crippen LogP contribution < -0.4 is 10.6 Å². The predicted molar refractivity (Wildman–Crippen MR) is 124 cm³/mol. The van der Waals surface area contributed by atoms with Crippen molar-refractivity contribution in [1.82, 2.24) is 15.2 Å². The first-order chi connectivity index (χ1) is 14.1. The zero-order valence-electron chi connectivity index (χ0n) is 15.4. The van der Waals surface area contributed by atoms with Crippen LogP contribution in [-0.4, -0.2) is 27.4 Å². The van der Waals surface area contributed by atoms with Gasteiger partial charge in [0.25, 0.3) is 0 Å². The largest absolute Gasteiger partial charge is 0.352 e. The number of pyridine rings is 1. The minimum Gasteiger partial charge on any atom is -0.352 e. The lowest BCUT2D eigenvalue weighted by molar-refractivity contribution is -0.116. The minimum atomic E-state index is -0.0635. The summed E-state index contributed by atoms with van der Waals surface area (Å²) in [6.07, 6.45) is 2.13. The monoisotopic (exact) mass is 486 g/mol. The summed E-state index contributed by atoms with van der Waals surface area (Å²) < 4.78 is 1.06. The second-order valence-electron chi connectivity index (χ2n) is 6.63. The van der Waals surface area contributed by atoms with Crippen LogP contribution in [0.15, 0.2) is 70.6 Å². The SMILES string of the molecule is O=C(CCN1C(=S)N[C@H](c2ccccn2)[C@@H]1c1ccc(Br)s1)Nc1ccccc1. The van der Waals surface area contributed by atoms with Crippen molar-refractivity contribution in [2.75, 3.05) is 11.9 Å².